The first kappa shape index (κ1) is 9.25. The lowest BCUT2D eigenvalue weighted by Gasteiger charge is -2.15. The van der Waals surface area contributed by atoms with E-state index in [1.807, 2.05) is 13.0 Å². The Morgan fingerprint density at radius 2 is 2.21 bits per heavy atom. The van der Waals surface area contributed by atoms with Crippen molar-refractivity contribution in [2.24, 2.45) is 0 Å². The van der Waals surface area contributed by atoms with E-state index in [9.17, 15) is 4.39 Å². The molecule has 1 aromatic carbocycles. The SMILES string of the molecule is Cc1c(F)ccc2c1NCCCC=C2. The Hall–Kier alpha value is -1.31. The second kappa shape index (κ2) is 3.82. The lowest BCUT2D eigenvalue weighted by Crippen LogP contribution is -2.06. The van der Waals surface area contributed by atoms with Crippen molar-refractivity contribution in [1.82, 2.24) is 0 Å². The monoisotopic (exact) mass is 191 g/mol. The molecule has 2 rings (SSSR count). The van der Waals surface area contributed by atoms with Gasteiger partial charge < -0.3 is 5.32 Å². The smallest absolute Gasteiger partial charge is 0.128 e. The molecular formula is C12H14FN. The number of hydrogen-bond donors (Lipinski definition) is 1. The highest BCUT2D eigenvalue weighted by Gasteiger charge is 2.08. The van der Waals surface area contributed by atoms with E-state index in [1.54, 1.807) is 0 Å². The molecule has 0 fully saturated rings. The van der Waals surface area contributed by atoms with Crippen molar-refractivity contribution >= 4 is 11.8 Å². The molecule has 0 radical (unpaired) electrons. The minimum absolute atomic E-state index is 0.134. The summed E-state index contributed by atoms with van der Waals surface area (Å²) in [5.74, 6) is -0.134. The number of benzene rings is 1. The molecule has 0 spiro atoms. The molecule has 74 valence electrons. The van der Waals surface area contributed by atoms with Crippen molar-refractivity contribution in [3.05, 3.63) is 35.2 Å². The molecule has 14 heavy (non-hydrogen) atoms. The summed E-state index contributed by atoms with van der Waals surface area (Å²) in [6.45, 7) is 2.73. The highest BCUT2D eigenvalue weighted by molar-refractivity contribution is 5.70. The Balaban J connectivity index is 2.50. The summed E-state index contributed by atoms with van der Waals surface area (Å²) in [7, 11) is 0. The van der Waals surface area contributed by atoms with Crippen LogP contribution in [0, 0.1) is 12.7 Å². The Morgan fingerprint density at radius 1 is 1.36 bits per heavy atom. The summed E-state index contributed by atoms with van der Waals surface area (Å²) >= 11 is 0. The molecule has 0 amide bonds. The number of rotatable bonds is 0. The molecule has 0 saturated heterocycles. The second-order valence-electron chi connectivity index (χ2n) is 3.61. The number of hydrogen-bond acceptors (Lipinski definition) is 1. The number of anilines is 1. The van der Waals surface area contributed by atoms with Crippen molar-refractivity contribution in [1.29, 1.82) is 0 Å². The van der Waals surface area contributed by atoms with Gasteiger partial charge in [0, 0.05) is 17.8 Å². The van der Waals surface area contributed by atoms with Crippen LogP contribution in [0.25, 0.3) is 6.08 Å². The predicted molar refractivity (Wildman–Crippen MR) is 57.9 cm³/mol. The van der Waals surface area contributed by atoms with Crippen LogP contribution in [0.5, 0.6) is 0 Å². The van der Waals surface area contributed by atoms with Gasteiger partial charge in [0.05, 0.1) is 0 Å². The summed E-state index contributed by atoms with van der Waals surface area (Å²) in [4.78, 5) is 0. The third-order valence-electron chi connectivity index (χ3n) is 2.58. The van der Waals surface area contributed by atoms with Crippen LogP contribution in [-0.4, -0.2) is 6.54 Å². The summed E-state index contributed by atoms with van der Waals surface area (Å²) in [6, 6.07) is 3.36. The summed E-state index contributed by atoms with van der Waals surface area (Å²) in [6.07, 6.45) is 6.40. The van der Waals surface area contributed by atoms with Gasteiger partial charge in [0.1, 0.15) is 5.82 Å². The van der Waals surface area contributed by atoms with Gasteiger partial charge in [0.15, 0.2) is 0 Å². The van der Waals surface area contributed by atoms with Crippen LogP contribution in [0.3, 0.4) is 0 Å². The Bertz CT molecular complexity index is 369. The molecular weight excluding hydrogens is 177 g/mol. The molecule has 0 bridgehead atoms. The van der Waals surface area contributed by atoms with Crippen molar-refractivity contribution < 1.29 is 4.39 Å². The fraction of sp³-hybridized carbons (Fsp3) is 0.333. The van der Waals surface area contributed by atoms with E-state index >= 15 is 0 Å². The van der Waals surface area contributed by atoms with Crippen molar-refractivity contribution in [2.75, 3.05) is 11.9 Å². The Labute approximate surface area is 83.6 Å². The van der Waals surface area contributed by atoms with Gasteiger partial charge >= 0.3 is 0 Å². The van der Waals surface area contributed by atoms with Crippen LogP contribution in [0.4, 0.5) is 10.1 Å². The molecule has 0 aliphatic carbocycles. The van der Waals surface area contributed by atoms with Crippen molar-refractivity contribution in [2.45, 2.75) is 19.8 Å². The first-order valence-electron chi connectivity index (χ1n) is 4.98. The molecule has 1 N–H and O–H groups in total. The topological polar surface area (TPSA) is 12.0 Å². The molecule has 0 aromatic heterocycles. The van der Waals surface area contributed by atoms with Gasteiger partial charge in [-0.3, -0.25) is 0 Å². The molecule has 1 heterocycles. The van der Waals surface area contributed by atoms with Gasteiger partial charge in [0.25, 0.3) is 0 Å². The fourth-order valence-electron chi connectivity index (χ4n) is 1.72. The minimum atomic E-state index is -0.134. The molecule has 1 aromatic rings. The molecule has 0 atom stereocenters. The van der Waals surface area contributed by atoms with E-state index in [4.69, 9.17) is 0 Å². The van der Waals surface area contributed by atoms with E-state index in [0.29, 0.717) is 5.56 Å². The molecule has 0 unspecified atom stereocenters. The maximum absolute atomic E-state index is 13.3. The first-order chi connectivity index (χ1) is 6.79. The van der Waals surface area contributed by atoms with E-state index in [0.717, 1.165) is 30.6 Å². The maximum atomic E-state index is 13.3. The lowest BCUT2D eigenvalue weighted by atomic mass is 10.0. The largest absolute Gasteiger partial charge is 0.384 e. The fourth-order valence-corrected chi connectivity index (χ4v) is 1.72. The molecule has 1 aliphatic heterocycles. The summed E-state index contributed by atoms with van der Waals surface area (Å²) < 4.78 is 13.3. The Morgan fingerprint density at radius 3 is 3.07 bits per heavy atom. The molecule has 1 nitrogen and oxygen atoms in total. The van der Waals surface area contributed by atoms with Gasteiger partial charge in [-0.1, -0.05) is 12.2 Å². The standard InChI is InChI=1S/C12H14FN/c1-9-11(13)7-6-10-5-3-2-4-8-14-12(9)10/h3,5-7,14H,2,4,8H2,1H3. The van der Waals surface area contributed by atoms with Crippen molar-refractivity contribution in [3.63, 3.8) is 0 Å². The van der Waals surface area contributed by atoms with Gasteiger partial charge in [0.2, 0.25) is 0 Å². The summed E-state index contributed by atoms with van der Waals surface area (Å²) in [5, 5.41) is 3.28. The number of fused-ring (bicyclic) bond motifs is 1. The third kappa shape index (κ3) is 1.65. The van der Waals surface area contributed by atoms with Crippen LogP contribution < -0.4 is 5.32 Å². The quantitative estimate of drug-likeness (QED) is 0.663. The molecule has 2 heteroatoms. The normalized spacial score (nSPS) is 15.3. The highest BCUT2D eigenvalue weighted by Crippen LogP contribution is 2.25. The van der Waals surface area contributed by atoms with E-state index < -0.39 is 0 Å². The van der Waals surface area contributed by atoms with Crippen molar-refractivity contribution in [3.8, 4) is 0 Å². The average molecular weight is 191 g/mol. The van der Waals surface area contributed by atoms with E-state index in [2.05, 4.69) is 17.5 Å². The van der Waals surface area contributed by atoms with Crippen LogP contribution >= 0.6 is 0 Å². The minimum Gasteiger partial charge on any atom is -0.384 e. The third-order valence-corrected chi connectivity index (χ3v) is 2.58. The van der Waals surface area contributed by atoms with Crippen LogP contribution in [-0.2, 0) is 0 Å². The highest BCUT2D eigenvalue weighted by atomic mass is 19.1. The van der Waals surface area contributed by atoms with E-state index in [-0.39, 0.29) is 5.82 Å². The lowest BCUT2D eigenvalue weighted by molar-refractivity contribution is 0.619. The average Bonchev–Trinajstić information content (AvgIpc) is 2.13. The maximum Gasteiger partial charge on any atom is 0.128 e. The zero-order chi connectivity index (χ0) is 9.97. The van der Waals surface area contributed by atoms with Gasteiger partial charge in [-0.2, -0.15) is 0 Å². The van der Waals surface area contributed by atoms with E-state index in [1.165, 1.54) is 6.07 Å². The zero-order valence-corrected chi connectivity index (χ0v) is 8.31. The summed E-state index contributed by atoms with van der Waals surface area (Å²) in [5.41, 5.74) is 2.75. The first-order valence-corrected chi connectivity index (χ1v) is 4.98. The Kier molecular flexibility index (Phi) is 2.53. The van der Waals surface area contributed by atoms with Gasteiger partial charge in [-0.15, -0.1) is 0 Å². The molecule has 0 saturated carbocycles. The van der Waals surface area contributed by atoms with Gasteiger partial charge in [-0.05, 0) is 37.5 Å². The van der Waals surface area contributed by atoms with Gasteiger partial charge in [-0.25, -0.2) is 4.39 Å². The number of allylic oxidation sites excluding steroid dienone is 1. The number of halogens is 1. The number of nitrogens with one attached hydrogen (secondary N) is 1. The molecule has 1 aliphatic rings. The van der Waals surface area contributed by atoms with Crippen LogP contribution in [0.1, 0.15) is 24.0 Å². The van der Waals surface area contributed by atoms with Crippen LogP contribution in [0.2, 0.25) is 0 Å². The second-order valence-corrected chi connectivity index (χ2v) is 3.61. The predicted octanol–water partition coefficient (Wildman–Crippen LogP) is 3.35. The van der Waals surface area contributed by atoms with Crippen LogP contribution in [0.15, 0.2) is 18.2 Å². The zero-order valence-electron chi connectivity index (χ0n) is 8.31.